The Labute approximate surface area is 169 Å². The van der Waals surface area contributed by atoms with E-state index < -0.39 is 43.8 Å². The summed E-state index contributed by atoms with van der Waals surface area (Å²) in [5.74, 6) is -2.02. The maximum atomic E-state index is 11.8. The molecule has 0 heterocycles. The van der Waals surface area contributed by atoms with E-state index in [4.69, 9.17) is 4.55 Å². The second-order valence-corrected chi connectivity index (χ2v) is 10.3. The van der Waals surface area contributed by atoms with Crippen molar-refractivity contribution in [3.05, 3.63) is 0 Å². The Bertz CT molecular complexity index is 613. The van der Waals surface area contributed by atoms with Crippen LogP contribution in [0.5, 0.6) is 0 Å². The second kappa shape index (κ2) is 15.2. The zero-order valence-electron chi connectivity index (χ0n) is 16.8. The number of ether oxygens (including phenoxy) is 1. The lowest BCUT2D eigenvalue weighted by atomic mass is 10.0. The lowest BCUT2D eigenvalue weighted by molar-refractivity contribution is -0.142. The maximum Gasteiger partial charge on any atom is 0.326 e. The Kier molecular flexibility index (Phi) is 14.8. The van der Waals surface area contributed by atoms with Gasteiger partial charge in [0, 0.05) is 0 Å². The number of hydrogen-bond acceptors (Lipinski definition) is 6. The molecule has 168 valence electrons. The van der Waals surface area contributed by atoms with Crippen molar-refractivity contribution in [1.29, 1.82) is 0 Å². The van der Waals surface area contributed by atoms with Gasteiger partial charge in [0.15, 0.2) is 5.25 Å². The first-order chi connectivity index (χ1) is 13.1. The fourth-order valence-electron chi connectivity index (χ4n) is 2.90. The molecule has 10 heteroatoms. The Hall–Kier alpha value is -0.710. The largest absolute Gasteiger partial charge is 0.463 e. The van der Waals surface area contributed by atoms with Gasteiger partial charge in [-0.25, -0.2) is 0 Å². The number of rotatable bonds is 18. The molecule has 0 saturated heterocycles. The molecule has 0 rings (SSSR count). The summed E-state index contributed by atoms with van der Waals surface area (Å²) < 4.78 is 66.2. The molecule has 0 fully saturated rings. The summed E-state index contributed by atoms with van der Waals surface area (Å²) in [4.78, 5) is 11.8. The molecule has 0 aliphatic rings. The van der Waals surface area contributed by atoms with Crippen molar-refractivity contribution in [3.8, 4) is 0 Å². The predicted molar refractivity (Wildman–Crippen MR) is 108 cm³/mol. The topological polar surface area (TPSA) is 135 Å². The van der Waals surface area contributed by atoms with Crippen molar-refractivity contribution >= 4 is 26.2 Å². The zero-order chi connectivity index (χ0) is 21.5. The van der Waals surface area contributed by atoms with E-state index in [-0.39, 0.29) is 6.42 Å². The van der Waals surface area contributed by atoms with Gasteiger partial charge in [0.1, 0.15) is 12.4 Å². The molecule has 28 heavy (non-hydrogen) atoms. The number of esters is 1. The molecule has 0 aliphatic carbocycles. The maximum absolute atomic E-state index is 11.8. The van der Waals surface area contributed by atoms with Crippen molar-refractivity contribution in [2.45, 2.75) is 95.6 Å². The second-order valence-electron chi connectivity index (χ2n) is 7.13. The normalized spacial score (nSPS) is 13.4. The van der Waals surface area contributed by atoms with Crippen molar-refractivity contribution in [3.63, 3.8) is 0 Å². The average Bonchev–Trinajstić information content (AvgIpc) is 2.56. The quantitative estimate of drug-likeness (QED) is 0.185. The molecule has 8 nitrogen and oxygen atoms in total. The third kappa shape index (κ3) is 16.3. The number of hydrogen-bond donors (Lipinski definition) is 2. The van der Waals surface area contributed by atoms with Crippen LogP contribution in [0.25, 0.3) is 0 Å². The predicted octanol–water partition coefficient (Wildman–Crippen LogP) is 3.77. The standard InChI is InChI=1S/C18H36O8S2/c1-2-3-4-5-6-7-8-9-10-11-12-13-14-17(28(23,24)25)18(19)26-15-16-27(20,21)22/h17H,2-16H2,1H3,(H,20,21,22)(H,23,24,25). The number of unbranched alkanes of at least 4 members (excludes halogenated alkanes) is 11. The van der Waals surface area contributed by atoms with Crippen LogP contribution in [0.15, 0.2) is 0 Å². The molecule has 0 bridgehead atoms. The highest BCUT2D eigenvalue weighted by atomic mass is 32.2. The molecule has 2 N–H and O–H groups in total. The minimum absolute atomic E-state index is 0.0824. The summed E-state index contributed by atoms with van der Waals surface area (Å²) in [5.41, 5.74) is 0. The third-order valence-electron chi connectivity index (χ3n) is 4.53. The van der Waals surface area contributed by atoms with Crippen LogP contribution in [0, 0.1) is 0 Å². The van der Waals surface area contributed by atoms with Crippen LogP contribution in [0.4, 0.5) is 0 Å². The highest BCUT2D eigenvalue weighted by Gasteiger charge is 2.32. The van der Waals surface area contributed by atoms with Gasteiger partial charge < -0.3 is 4.74 Å². The molecular weight excluding hydrogens is 408 g/mol. The van der Waals surface area contributed by atoms with Crippen LogP contribution in [-0.4, -0.2) is 49.5 Å². The lowest BCUT2D eigenvalue weighted by Crippen LogP contribution is -2.32. The fraction of sp³-hybridized carbons (Fsp3) is 0.944. The van der Waals surface area contributed by atoms with E-state index in [0.29, 0.717) is 6.42 Å². The van der Waals surface area contributed by atoms with Gasteiger partial charge in [0.2, 0.25) is 0 Å². The molecule has 1 atom stereocenters. The Morgan fingerprint density at radius 2 is 1.21 bits per heavy atom. The molecule has 0 radical (unpaired) electrons. The molecular formula is C18H36O8S2. The van der Waals surface area contributed by atoms with Crippen LogP contribution in [-0.2, 0) is 29.8 Å². The van der Waals surface area contributed by atoms with E-state index in [2.05, 4.69) is 11.7 Å². The molecule has 1 unspecified atom stereocenters. The van der Waals surface area contributed by atoms with Gasteiger partial charge >= 0.3 is 5.97 Å². The molecule has 0 spiro atoms. The summed E-state index contributed by atoms with van der Waals surface area (Å²) >= 11 is 0. The Morgan fingerprint density at radius 1 is 0.786 bits per heavy atom. The molecule has 0 aromatic rings. The average molecular weight is 445 g/mol. The van der Waals surface area contributed by atoms with Crippen molar-refractivity contribution in [1.82, 2.24) is 0 Å². The SMILES string of the molecule is CCCCCCCCCCCCCCC(C(=O)OCCS(=O)(=O)O)S(=O)(=O)O. The summed E-state index contributed by atoms with van der Waals surface area (Å²) in [6, 6.07) is 0. The molecule has 0 amide bonds. The van der Waals surface area contributed by atoms with Gasteiger partial charge in [-0.05, 0) is 6.42 Å². The molecule has 0 aromatic heterocycles. The van der Waals surface area contributed by atoms with E-state index in [1.54, 1.807) is 0 Å². The van der Waals surface area contributed by atoms with Crippen LogP contribution >= 0.6 is 0 Å². The van der Waals surface area contributed by atoms with Gasteiger partial charge in [0.25, 0.3) is 20.2 Å². The van der Waals surface area contributed by atoms with Gasteiger partial charge in [-0.2, -0.15) is 16.8 Å². The smallest absolute Gasteiger partial charge is 0.326 e. The summed E-state index contributed by atoms with van der Waals surface area (Å²) in [7, 11) is -8.94. The summed E-state index contributed by atoms with van der Waals surface area (Å²) in [5, 5.41) is -1.72. The highest BCUT2D eigenvalue weighted by molar-refractivity contribution is 7.87. The van der Waals surface area contributed by atoms with Gasteiger partial charge in [0.05, 0.1) is 0 Å². The van der Waals surface area contributed by atoms with E-state index in [0.717, 1.165) is 25.7 Å². The highest BCUT2D eigenvalue weighted by Crippen LogP contribution is 2.16. The van der Waals surface area contributed by atoms with Crippen LogP contribution in [0.1, 0.15) is 90.4 Å². The molecule has 0 aliphatic heterocycles. The lowest BCUT2D eigenvalue weighted by Gasteiger charge is -2.13. The third-order valence-corrected chi connectivity index (χ3v) is 6.36. The first-order valence-corrected chi connectivity index (χ1v) is 13.3. The number of carbonyl (C=O) groups excluding carboxylic acids is 1. The fourth-order valence-corrected chi connectivity index (χ4v) is 3.97. The van der Waals surface area contributed by atoms with Gasteiger partial charge in [-0.1, -0.05) is 84.0 Å². The van der Waals surface area contributed by atoms with E-state index in [1.165, 1.54) is 44.9 Å². The monoisotopic (exact) mass is 444 g/mol. The first kappa shape index (κ1) is 27.3. The van der Waals surface area contributed by atoms with Crippen LogP contribution in [0.2, 0.25) is 0 Å². The first-order valence-electron chi connectivity index (χ1n) is 10.2. The molecule has 0 aromatic carbocycles. The zero-order valence-corrected chi connectivity index (χ0v) is 18.5. The van der Waals surface area contributed by atoms with Gasteiger partial charge in [-0.3, -0.25) is 13.9 Å². The van der Waals surface area contributed by atoms with E-state index in [1.807, 2.05) is 0 Å². The van der Waals surface area contributed by atoms with E-state index in [9.17, 15) is 26.2 Å². The van der Waals surface area contributed by atoms with Crippen molar-refractivity contribution < 1.29 is 35.5 Å². The van der Waals surface area contributed by atoms with E-state index >= 15 is 0 Å². The van der Waals surface area contributed by atoms with Crippen LogP contribution in [0.3, 0.4) is 0 Å². The number of carbonyl (C=O) groups is 1. The minimum atomic E-state index is -4.63. The molecule has 0 saturated carbocycles. The minimum Gasteiger partial charge on any atom is -0.463 e. The summed E-state index contributed by atoms with van der Waals surface area (Å²) in [6.45, 7) is 1.53. The Morgan fingerprint density at radius 3 is 1.61 bits per heavy atom. The van der Waals surface area contributed by atoms with Crippen LogP contribution < -0.4 is 0 Å². The van der Waals surface area contributed by atoms with Crippen molar-refractivity contribution in [2.75, 3.05) is 12.4 Å². The summed E-state index contributed by atoms with van der Waals surface area (Å²) in [6.07, 6.45) is 13.1. The van der Waals surface area contributed by atoms with Crippen molar-refractivity contribution in [2.24, 2.45) is 0 Å². The Balaban J connectivity index is 3.92. The van der Waals surface area contributed by atoms with Gasteiger partial charge in [-0.15, -0.1) is 0 Å².